The third-order valence-corrected chi connectivity index (χ3v) is 5.19. The van der Waals surface area contributed by atoms with Gasteiger partial charge >= 0.3 is 0 Å². The first-order valence-electron chi connectivity index (χ1n) is 9.10. The molecule has 1 aromatic carbocycles. The molecule has 26 heavy (non-hydrogen) atoms. The Kier molecular flexibility index (Phi) is 6.33. The molecule has 2 aromatic heterocycles. The second kappa shape index (κ2) is 8.69. The van der Waals surface area contributed by atoms with Gasteiger partial charge in [-0.15, -0.1) is 11.3 Å². The fourth-order valence-corrected chi connectivity index (χ4v) is 4.26. The zero-order valence-electron chi connectivity index (χ0n) is 15.5. The Morgan fingerprint density at radius 3 is 2.35 bits per heavy atom. The molecule has 0 bridgehead atoms. The van der Waals surface area contributed by atoms with Crippen LogP contribution < -0.4 is 9.64 Å². The molecule has 6 heteroatoms. The third kappa shape index (κ3) is 3.94. The minimum atomic E-state index is 0.310. The van der Waals surface area contributed by atoms with E-state index in [-0.39, 0.29) is 0 Å². The molecule has 0 atom stereocenters. The lowest BCUT2D eigenvalue weighted by Crippen LogP contribution is -2.26. The Labute approximate surface area is 163 Å². The summed E-state index contributed by atoms with van der Waals surface area (Å²) in [6, 6.07) is 8.20. The van der Waals surface area contributed by atoms with Crippen LogP contribution >= 0.6 is 22.9 Å². The number of anilines is 1. The average molecular weight is 390 g/mol. The highest BCUT2D eigenvalue weighted by molar-refractivity contribution is 7.17. The van der Waals surface area contributed by atoms with E-state index < -0.39 is 0 Å². The molecule has 0 radical (unpaired) electrons. The number of hydrogen-bond acceptors (Lipinski definition) is 5. The standard InChI is InChI=1S/C20H24ClN3OS/c1-4-11-24(12-5-2)18-17-16(13-26-19(17)23-20(21)22-18)14-7-9-15(10-8-14)25-6-3/h7-10,13H,4-6,11-12H2,1-3H3. The number of benzene rings is 1. The molecule has 0 saturated heterocycles. The van der Waals surface area contributed by atoms with Crippen molar-refractivity contribution in [2.24, 2.45) is 0 Å². The third-order valence-electron chi connectivity index (χ3n) is 4.15. The summed E-state index contributed by atoms with van der Waals surface area (Å²) in [5.41, 5.74) is 2.29. The van der Waals surface area contributed by atoms with Crippen LogP contribution in [-0.4, -0.2) is 29.7 Å². The molecule has 0 N–H and O–H groups in total. The zero-order valence-corrected chi connectivity index (χ0v) is 17.0. The number of aromatic nitrogens is 2. The molecule has 3 aromatic rings. The molecule has 0 aliphatic carbocycles. The maximum Gasteiger partial charge on any atom is 0.225 e. The topological polar surface area (TPSA) is 38.2 Å². The summed E-state index contributed by atoms with van der Waals surface area (Å²) in [5, 5.41) is 3.54. The summed E-state index contributed by atoms with van der Waals surface area (Å²) in [6.45, 7) is 8.93. The largest absolute Gasteiger partial charge is 0.494 e. The molecule has 0 amide bonds. The lowest BCUT2D eigenvalue weighted by molar-refractivity contribution is 0.340. The van der Waals surface area contributed by atoms with Gasteiger partial charge in [0.1, 0.15) is 16.4 Å². The smallest absolute Gasteiger partial charge is 0.225 e. The number of thiophene rings is 1. The predicted octanol–water partition coefficient (Wildman–Crippen LogP) is 6.04. The van der Waals surface area contributed by atoms with Gasteiger partial charge in [-0.05, 0) is 49.1 Å². The van der Waals surface area contributed by atoms with E-state index >= 15 is 0 Å². The van der Waals surface area contributed by atoms with Crippen molar-refractivity contribution in [2.75, 3.05) is 24.6 Å². The maximum atomic E-state index is 6.22. The van der Waals surface area contributed by atoms with E-state index in [4.69, 9.17) is 16.3 Å². The van der Waals surface area contributed by atoms with Crippen molar-refractivity contribution < 1.29 is 4.74 Å². The molecule has 3 rings (SSSR count). The average Bonchev–Trinajstić information content (AvgIpc) is 3.05. The highest BCUT2D eigenvalue weighted by Crippen LogP contribution is 2.39. The molecule has 138 valence electrons. The van der Waals surface area contributed by atoms with E-state index in [1.54, 1.807) is 11.3 Å². The number of hydrogen-bond donors (Lipinski definition) is 0. The van der Waals surface area contributed by atoms with Crippen molar-refractivity contribution in [3.63, 3.8) is 0 Å². The molecular formula is C20H24ClN3OS. The normalized spacial score (nSPS) is 11.1. The van der Waals surface area contributed by atoms with Gasteiger partial charge in [-0.25, -0.2) is 4.98 Å². The van der Waals surface area contributed by atoms with Gasteiger partial charge in [0.25, 0.3) is 0 Å². The summed E-state index contributed by atoms with van der Waals surface area (Å²) in [6.07, 6.45) is 2.12. The first-order valence-corrected chi connectivity index (χ1v) is 10.4. The minimum Gasteiger partial charge on any atom is -0.494 e. The number of ether oxygens (including phenoxy) is 1. The van der Waals surface area contributed by atoms with Gasteiger partial charge in [0, 0.05) is 24.0 Å². The van der Waals surface area contributed by atoms with Crippen LogP contribution in [0.25, 0.3) is 21.3 Å². The van der Waals surface area contributed by atoms with Crippen LogP contribution in [0.15, 0.2) is 29.6 Å². The van der Waals surface area contributed by atoms with E-state index in [1.807, 2.05) is 19.1 Å². The molecule has 0 saturated carbocycles. The molecule has 0 aliphatic heterocycles. The fourth-order valence-electron chi connectivity index (χ4n) is 3.10. The van der Waals surface area contributed by atoms with Crippen LogP contribution in [0.2, 0.25) is 5.28 Å². The lowest BCUT2D eigenvalue weighted by atomic mass is 10.1. The van der Waals surface area contributed by atoms with Gasteiger partial charge in [0.2, 0.25) is 5.28 Å². The Morgan fingerprint density at radius 1 is 1.04 bits per heavy atom. The van der Waals surface area contributed by atoms with Crippen molar-refractivity contribution in [3.05, 3.63) is 34.9 Å². The van der Waals surface area contributed by atoms with Gasteiger partial charge in [-0.2, -0.15) is 4.98 Å². The van der Waals surface area contributed by atoms with E-state index in [1.165, 1.54) is 0 Å². The molecule has 0 spiro atoms. The van der Waals surface area contributed by atoms with Crippen LogP contribution in [0, 0.1) is 0 Å². The molecule has 0 aliphatic rings. The van der Waals surface area contributed by atoms with Gasteiger partial charge in [0.15, 0.2) is 0 Å². The summed E-state index contributed by atoms with van der Waals surface area (Å²) < 4.78 is 5.56. The van der Waals surface area contributed by atoms with Crippen molar-refractivity contribution in [3.8, 4) is 16.9 Å². The Morgan fingerprint density at radius 2 is 1.73 bits per heavy atom. The molecule has 4 nitrogen and oxygen atoms in total. The highest BCUT2D eigenvalue weighted by Gasteiger charge is 2.19. The zero-order chi connectivity index (χ0) is 18.5. The monoisotopic (exact) mass is 389 g/mol. The van der Waals surface area contributed by atoms with Crippen LogP contribution in [0.3, 0.4) is 0 Å². The highest BCUT2D eigenvalue weighted by atomic mass is 35.5. The van der Waals surface area contributed by atoms with Crippen molar-refractivity contribution in [1.82, 2.24) is 9.97 Å². The lowest BCUT2D eigenvalue weighted by Gasteiger charge is -2.23. The summed E-state index contributed by atoms with van der Waals surface area (Å²) in [7, 11) is 0. The Bertz CT molecular complexity index is 857. The second-order valence-corrected chi connectivity index (χ2v) is 7.29. The molecular weight excluding hydrogens is 366 g/mol. The SMILES string of the molecule is CCCN(CCC)c1nc(Cl)nc2scc(-c3ccc(OCC)cc3)c12. The number of fused-ring (bicyclic) bond motifs is 1. The number of halogens is 1. The van der Waals surface area contributed by atoms with E-state index in [9.17, 15) is 0 Å². The Balaban J connectivity index is 2.12. The molecule has 2 heterocycles. The number of rotatable bonds is 8. The molecule has 0 unspecified atom stereocenters. The van der Waals surface area contributed by atoms with E-state index in [0.29, 0.717) is 11.9 Å². The minimum absolute atomic E-state index is 0.310. The van der Waals surface area contributed by atoms with Crippen molar-refractivity contribution in [1.29, 1.82) is 0 Å². The first-order chi connectivity index (χ1) is 12.7. The first kappa shape index (κ1) is 18.9. The van der Waals surface area contributed by atoms with Crippen LogP contribution in [0.4, 0.5) is 5.82 Å². The summed E-state index contributed by atoms with van der Waals surface area (Å²) >= 11 is 7.83. The Hall–Kier alpha value is -1.85. The van der Waals surface area contributed by atoms with Gasteiger partial charge in [-0.3, -0.25) is 0 Å². The van der Waals surface area contributed by atoms with E-state index in [0.717, 1.165) is 58.8 Å². The van der Waals surface area contributed by atoms with Crippen LogP contribution in [0.5, 0.6) is 5.75 Å². The number of nitrogens with zero attached hydrogens (tertiary/aromatic N) is 3. The van der Waals surface area contributed by atoms with Gasteiger partial charge < -0.3 is 9.64 Å². The van der Waals surface area contributed by atoms with E-state index in [2.05, 4.69) is 46.2 Å². The van der Waals surface area contributed by atoms with Crippen LogP contribution in [-0.2, 0) is 0 Å². The van der Waals surface area contributed by atoms with Crippen LogP contribution in [0.1, 0.15) is 33.6 Å². The predicted molar refractivity (Wildman–Crippen MR) is 112 cm³/mol. The quantitative estimate of drug-likeness (QED) is 0.440. The van der Waals surface area contributed by atoms with Gasteiger partial charge in [-0.1, -0.05) is 26.0 Å². The van der Waals surface area contributed by atoms with Gasteiger partial charge in [0.05, 0.1) is 12.0 Å². The summed E-state index contributed by atoms with van der Waals surface area (Å²) in [5.74, 6) is 1.82. The maximum absolute atomic E-state index is 6.22. The fraction of sp³-hybridized carbons (Fsp3) is 0.400. The van der Waals surface area contributed by atoms with Crippen molar-refractivity contribution >= 4 is 39.0 Å². The molecule has 0 fully saturated rings. The summed E-state index contributed by atoms with van der Waals surface area (Å²) in [4.78, 5) is 12.3. The second-order valence-electron chi connectivity index (χ2n) is 6.09. The van der Waals surface area contributed by atoms with Crippen molar-refractivity contribution in [2.45, 2.75) is 33.6 Å².